The number of rotatable bonds is 8. The Morgan fingerprint density at radius 3 is 2.45 bits per heavy atom. The molecule has 1 unspecified atom stereocenters. The van der Waals surface area contributed by atoms with Gasteiger partial charge in [-0.2, -0.15) is 16.3 Å². The molecular formula is C24H18F2N2O4S. The van der Waals surface area contributed by atoms with Crippen LogP contribution in [0.4, 0.5) is 8.78 Å². The number of benzene rings is 2. The fourth-order valence-electron chi connectivity index (χ4n) is 3.11. The smallest absolute Gasteiger partial charge is 0.349 e. The average molecular weight is 468 g/mol. The molecule has 0 aliphatic rings. The zero-order valence-electron chi connectivity index (χ0n) is 17.1. The zero-order valence-corrected chi connectivity index (χ0v) is 17.9. The first kappa shape index (κ1) is 22.4. The van der Waals surface area contributed by atoms with E-state index in [1.165, 1.54) is 17.4 Å². The molecule has 4 rings (SSSR count). The number of carboxylic acids is 1. The van der Waals surface area contributed by atoms with Gasteiger partial charge in [0.1, 0.15) is 5.75 Å². The first-order valence-corrected chi connectivity index (χ1v) is 10.7. The predicted molar refractivity (Wildman–Crippen MR) is 119 cm³/mol. The van der Waals surface area contributed by atoms with E-state index in [0.717, 1.165) is 16.7 Å². The highest BCUT2D eigenvalue weighted by Crippen LogP contribution is 2.32. The number of aliphatic carboxylic acids is 1. The van der Waals surface area contributed by atoms with Gasteiger partial charge in [0.25, 0.3) is 11.8 Å². The molecule has 0 saturated heterocycles. The van der Waals surface area contributed by atoms with Crippen LogP contribution in [0.3, 0.4) is 0 Å². The van der Waals surface area contributed by atoms with Gasteiger partial charge in [-0.25, -0.2) is 13.6 Å². The standard InChI is InChI=1S/C24H18F2N2O4S/c25-19-11-20(26)23(32-21(24(29)30)17-7-8-33-13-17)28-22(19)31-18-6-2-5-16(10-18)15-4-1-3-14(9-15)12-27/h1-11,13,21H,12,27H2,(H,29,30). The zero-order chi connectivity index (χ0) is 23.4. The summed E-state index contributed by atoms with van der Waals surface area (Å²) in [6.07, 6.45) is -1.50. The fourth-order valence-corrected chi connectivity index (χ4v) is 3.79. The Labute approximate surface area is 191 Å². The van der Waals surface area contributed by atoms with Gasteiger partial charge in [-0.15, -0.1) is 0 Å². The van der Waals surface area contributed by atoms with E-state index in [1.54, 1.807) is 29.0 Å². The molecule has 6 nitrogen and oxygen atoms in total. The van der Waals surface area contributed by atoms with Gasteiger partial charge in [0.15, 0.2) is 11.6 Å². The van der Waals surface area contributed by atoms with Crippen molar-refractivity contribution in [3.63, 3.8) is 0 Å². The summed E-state index contributed by atoms with van der Waals surface area (Å²) in [5.74, 6) is -4.52. The molecule has 0 amide bonds. The summed E-state index contributed by atoms with van der Waals surface area (Å²) >= 11 is 1.26. The highest BCUT2D eigenvalue weighted by molar-refractivity contribution is 7.08. The quantitative estimate of drug-likeness (QED) is 0.352. The second-order valence-corrected chi connectivity index (χ2v) is 7.77. The molecule has 0 bridgehead atoms. The molecule has 3 N–H and O–H groups in total. The molecule has 168 valence electrons. The van der Waals surface area contributed by atoms with Crippen molar-refractivity contribution in [1.82, 2.24) is 4.98 Å². The van der Waals surface area contributed by atoms with Crippen LogP contribution in [0, 0.1) is 11.6 Å². The number of aromatic nitrogens is 1. The number of thiophene rings is 1. The van der Waals surface area contributed by atoms with Crippen molar-refractivity contribution in [1.29, 1.82) is 0 Å². The number of carbonyl (C=O) groups is 1. The lowest BCUT2D eigenvalue weighted by Crippen LogP contribution is -2.19. The van der Waals surface area contributed by atoms with Gasteiger partial charge in [0, 0.05) is 18.2 Å². The summed E-state index contributed by atoms with van der Waals surface area (Å²) < 4.78 is 39.5. The van der Waals surface area contributed by atoms with Crippen LogP contribution in [-0.4, -0.2) is 16.1 Å². The number of hydrogen-bond donors (Lipinski definition) is 2. The molecule has 9 heteroatoms. The molecule has 33 heavy (non-hydrogen) atoms. The molecule has 0 aliphatic carbocycles. The number of halogens is 2. The van der Waals surface area contributed by atoms with Crippen molar-refractivity contribution < 1.29 is 28.2 Å². The topological polar surface area (TPSA) is 94.7 Å². The van der Waals surface area contributed by atoms with E-state index in [0.29, 0.717) is 18.2 Å². The lowest BCUT2D eigenvalue weighted by molar-refractivity contribution is -0.145. The minimum Gasteiger partial charge on any atom is -0.478 e. The van der Waals surface area contributed by atoms with Crippen molar-refractivity contribution >= 4 is 17.3 Å². The van der Waals surface area contributed by atoms with Crippen LogP contribution in [0.1, 0.15) is 17.2 Å². The van der Waals surface area contributed by atoms with Gasteiger partial charge in [-0.3, -0.25) is 0 Å². The van der Waals surface area contributed by atoms with Crippen molar-refractivity contribution in [3.05, 3.63) is 94.2 Å². The van der Waals surface area contributed by atoms with E-state index in [4.69, 9.17) is 15.2 Å². The Hall–Kier alpha value is -3.82. The van der Waals surface area contributed by atoms with Gasteiger partial charge in [0.2, 0.25) is 6.10 Å². The second-order valence-electron chi connectivity index (χ2n) is 6.99. The first-order valence-electron chi connectivity index (χ1n) is 9.79. The van der Waals surface area contributed by atoms with Crippen molar-refractivity contribution in [2.45, 2.75) is 12.6 Å². The summed E-state index contributed by atoms with van der Waals surface area (Å²) in [5.41, 5.74) is 8.65. The third kappa shape index (κ3) is 5.16. The molecule has 0 spiro atoms. The third-order valence-electron chi connectivity index (χ3n) is 4.71. The minimum atomic E-state index is -1.50. The van der Waals surface area contributed by atoms with Crippen LogP contribution >= 0.6 is 11.3 Å². The number of nitrogens with two attached hydrogens (primary N) is 1. The second kappa shape index (κ2) is 9.76. The Morgan fingerprint density at radius 1 is 1.03 bits per heavy atom. The van der Waals surface area contributed by atoms with Crippen molar-refractivity contribution in [3.8, 4) is 28.6 Å². The molecule has 2 heterocycles. The maximum absolute atomic E-state index is 14.4. The van der Waals surface area contributed by atoms with E-state index in [1.807, 2.05) is 30.3 Å². The van der Waals surface area contributed by atoms with Crippen LogP contribution < -0.4 is 15.2 Å². The minimum absolute atomic E-state index is 0.252. The predicted octanol–water partition coefficient (Wildman–Crippen LogP) is 5.54. The van der Waals surface area contributed by atoms with E-state index in [-0.39, 0.29) is 5.75 Å². The Kier molecular flexibility index (Phi) is 6.62. The molecule has 2 aromatic heterocycles. The third-order valence-corrected chi connectivity index (χ3v) is 5.41. The normalized spacial score (nSPS) is 11.7. The Balaban J connectivity index is 1.62. The number of carboxylic acid groups (broad SMARTS) is 1. The van der Waals surface area contributed by atoms with Gasteiger partial charge in [-0.1, -0.05) is 30.3 Å². The number of hydrogen-bond acceptors (Lipinski definition) is 6. The van der Waals surface area contributed by atoms with Crippen LogP contribution in [-0.2, 0) is 11.3 Å². The van der Waals surface area contributed by atoms with Gasteiger partial charge in [0.05, 0.1) is 0 Å². The van der Waals surface area contributed by atoms with Crippen LogP contribution in [0.5, 0.6) is 17.5 Å². The molecule has 0 radical (unpaired) electrons. The van der Waals surface area contributed by atoms with E-state index in [9.17, 15) is 18.7 Å². The highest BCUT2D eigenvalue weighted by Gasteiger charge is 2.26. The van der Waals surface area contributed by atoms with Gasteiger partial charge >= 0.3 is 5.97 Å². The summed E-state index contributed by atoms with van der Waals surface area (Å²) in [5, 5.41) is 12.7. The monoisotopic (exact) mass is 468 g/mol. The molecular weight excluding hydrogens is 450 g/mol. The number of nitrogens with zero attached hydrogens (tertiary/aromatic N) is 1. The molecule has 0 aliphatic heterocycles. The lowest BCUT2D eigenvalue weighted by atomic mass is 10.0. The summed E-state index contributed by atoms with van der Waals surface area (Å²) in [4.78, 5) is 15.3. The average Bonchev–Trinajstić information content (AvgIpc) is 3.34. The van der Waals surface area contributed by atoms with E-state index >= 15 is 0 Å². The van der Waals surface area contributed by atoms with E-state index < -0.39 is 35.5 Å². The maximum Gasteiger partial charge on any atom is 0.349 e. The molecule has 0 fully saturated rings. The highest BCUT2D eigenvalue weighted by atomic mass is 32.1. The van der Waals surface area contributed by atoms with Crippen molar-refractivity contribution in [2.75, 3.05) is 0 Å². The Morgan fingerprint density at radius 2 is 1.76 bits per heavy atom. The maximum atomic E-state index is 14.4. The van der Waals surface area contributed by atoms with Crippen LogP contribution in [0.25, 0.3) is 11.1 Å². The van der Waals surface area contributed by atoms with Crippen LogP contribution in [0.2, 0.25) is 0 Å². The lowest BCUT2D eigenvalue weighted by Gasteiger charge is -2.15. The number of pyridine rings is 1. The van der Waals surface area contributed by atoms with Gasteiger partial charge < -0.3 is 20.3 Å². The molecule has 2 aromatic carbocycles. The molecule has 1 atom stereocenters. The molecule has 0 saturated carbocycles. The summed E-state index contributed by atoms with van der Waals surface area (Å²) in [7, 11) is 0. The number of ether oxygens (including phenoxy) is 2. The Bertz CT molecular complexity index is 1280. The summed E-state index contributed by atoms with van der Waals surface area (Å²) in [6.45, 7) is 0.389. The molecule has 4 aromatic rings. The van der Waals surface area contributed by atoms with Crippen molar-refractivity contribution in [2.24, 2.45) is 5.73 Å². The van der Waals surface area contributed by atoms with Crippen LogP contribution in [0.15, 0.2) is 71.4 Å². The van der Waals surface area contributed by atoms with Gasteiger partial charge in [-0.05, 0) is 51.7 Å². The summed E-state index contributed by atoms with van der Waals surface area (Å²) in [6, 6.07) is 16.5. The SMILES string of the molecule is NCc1cccc(-c2cccc(Oc3nc(OC(C(=O)O)c4ccsc4)c(F)cc3F)c2)c1. The first-order chi connectivity index (χ1) is 15.9. The van der Waals surface area contributed by atoms with E-state index in [2.05, 4.69) is 4.98 Å². The largest absolute Gasteiger partial charge is 0.478 e. The fraction of sp³-hybridized carbons (Fsp3) is 0.0833.